The molecule has 0 aliphatic carbocycles. The standard InChI is InChI=1S/C14H9N5/c15-19-18-14-13-8-16-7-6-11(13)12(9-17-14)10-4-2-1-3-5-10/h1-9H. The molecule has 2 aromatic heterocycles. The molecule has 0 saturated heterocycles. The van der Waals surface area contributed by atoms with E-state index in [4.69, 9.17) is 5.53 Å². The van der Waals surface area contributed by atoms with Gasteiger partial charge in [-0.15, -0.1) is 0 Å². The van der Waals surface area contributed by atoms with Gasteiger partial charge in [-0.25, -0.2) is 0 Å². The number of pyridine rings is 2. The quantitative estimate of drug-likeness (QED) is 0.386. The predicted octanol–water partition coefficient (Wildman–Crippen LogP) is 4.24. The van der Waals surface area contributed by atoms with Crippen LogP contribution in [0.3, 0.4) is 0 Å². The van der Waals surface area contributed by atoms with Gasteiger partial charge in [0.05, 0.1) is 0 Å². The molecule has 0 radical (unpaired) electrons. The van der Waals surface area contributed by atoms with Crippen molar-refractivity contribution in [2.45, 2.75) is 0 Å². The molecule has 0 aliphatic heterocycles. The Bertz CT molecular complexity index is 776. The predicted molar refractivity (Wildman–Crippen MR) is 73.8 cm³/mol. The molecule has 90 valence electrons. The van der Waals surface area contributed by atoms with E-state index in [9.17, 15) is 0 Å². The summed E-state index contributed by atoms with van der Waals surface area (Å²) in [6, 6.07) is 11.9. The number of benzene rings is 1. The van der Waals surface area contributed by atoms with Crippen molar-refractivity contribution in [1.82, 2.24) is 9.97 Å². The van der Waals surface area contributed by atoms with Gasteiger partial charge in [-0.2, -0.15) is 0 Å². The minimum absolute atomic E-state index is 0.352. The van der Waals surface area contributed by atoms with Gasteiger partial charge in [0.15, 0.2) is 0 Å². The average molecular weight is 247 g/mol. The Morgan fingerprint density at radius 2 is 1.84 bits per heavy atom. The molecule has 0 bridgehead atoms. The Hall–Kier alpha value is -2.91. The maximum Gasteiger partial charge on any atom is 0.136 e. The molecule has 0 N–H and O–H groups in total. The van der Waals surface area contributed by atoms with E-state index in [2.05, 4.69) is 20.0 Å². The van der Waals surface area contributed by atoms with Crippen molar-refractivity contribution in [3.05, 3.63) is 65.4 Å². The average Bonchev–Trinajstić information content (AvgIpc) is 2.49. The van der Waals surface area contributed by atoms with Gasteiger partial charge in [0.2, 0.25) is 0 Å². The van der Waals surface area contributed by atoms with Crippen LogP contribution in [0.2, 0.25) is 0 Å². The second-order valence-electron chi connectivity index (χ2n) is 3.97. The zero-order valence-electron chi connectivity index (χ0n) is 9.93. The first-order chi connectivity index (χ1) is 9.40. The molecule has 0 unspecified atom stereocenters. The van der Waals surface area contributed by atoms with Gasteiger partial charge >= 0.3 is 0 Å². The minimum Gasteiger partial charge on any atom is -0.264 e. The van der Waals surface area contributed by atoms with Crippen molar-refractivity contribution in [3.8, 4) is 11.1 Å². The van der Waals surface area contributed by atoms with E-state index in [0.29, 0.717) is 5.82 Å². The number of azide groups is 1. The fraction of sp³-hybridized carbons (Fsp3) is 0. The van der Waals surface area contributed by atoms with Crippen LogP contribution in [0.15, 0.2) is 60.1 Å². The summed E-state index contributed by atoms with van der Waals surface area (Å²) in [7, 11) is 0. The van der Waals surface area contributed by atoms with Crippen LogP contribution in [0.1, 0.15) is 0 Å². The van der Waals surface area contributed by atoms with E-state index in [1.807, 2.05) is 36.4 Å². The lowest BCUT2D eigenvalue weighted by molar-refractivity contribution is 1.27. The summed E-state index contributed by atoms with van der Waals surface area (Å²) in [5.41, 5.74) is 10.6. The van der Waals surface area contributed by atoms with Crippen LogP contribution < -0.4 is 0 Å². The molecule has 0 amide bonds. The third-order valence-corrected chi connectivity index (χ3v) is 2.89. The van der Waals surface area contributed by atoms with E-state index >= 15 is 0 Å². The summed E-state index contributed by atoms with van der Waals surface area (Å²) < 4.78 is 0. The summed E-state index contributed by atoms with van der Waals surface area (Å²) in [5.74, 6) is 0.352. The van der Waals surface area contributed by atoms with Crippen LogP contribution in [0, 0.1) is 0 Å². The van der Waals surface area contributed by atoms with Crippen molar-refractivity contribution < 1.29 is 0 Å². The first kappa shape index (κ1) is 11.2. The van der Waals surface area contributed by atoms with Crippen molar-refractivity contribution in [1.29, 1.82) is 0 Å². The van der Waals surface area contributed by atoms with Gasteiger partial charge in [-0.1, -0.05) is 30.3 Å². The molecular formula is C14H9N5. The van der Waals surface area contributed by atoms with Crippen LogP contribution in [-0.4, -0.2) is 9.97 Å². The van der Waals surface area contributed by atoms with Gasteiger partial charge in [0.25, 0.3) is 0 Å². The Morgan fingerprint density at radius 1 is 1.00 bits per heavy atom. The van der Waals surface area contributed by atoms with Gasteiger partial charge in [0, 0.05) is 34.5 Å². The largest absolute Gasteiger partial charge is 0.264 e. The van der Waals surface area contributed by atoms with Crippen molar-refractivity contribution >= 4 is 16.6 Å². The van der Waals surface area contributed by atoms with Crippen LogP contribution >= 0.6 is 0 Å². The molecule has 0 saturated carbocycles. The van der Waals surface area contributed by atoms with Crippen molar-refractivity contribution in [2.75, 3.05) is 0 Å². The third kappa shape index (κ3) is 1.99. The molecule has 5 nitrogen and oxygen atoms in total. The normalized spacial score (nSPS) is 10.1. The molecular weight excluding hydrogens is 238 g/mol. The molecule has 1 aromatic carbocycles. The highest BCUT2D eigenvalue weighted by Gasteiger charge is 2.07. The summed E-state index contributed by atoms with van der Waals surface area (Å²) >= 11 is 0. The van der Waals surface area contributed by atoms with Crippen molar-refractivity contribution in [2.24, 2.45) is 5.11 Å². The Morgan fingerprint density at radius 3 is 2.63 bits per heavy atom. The number of nitrogens with zero attached hydrogens (tertiary/aromatic N) is 5. The van der Waals surface area contributed by atoms with Crippen LogP contribution in [0.4, 0.5) is 5.82 Å². The fourth-order valence-electron chi connectivity index (χ4n) is 2.04. The third-order valence-electron chi connectivity index (χ3n) is 2.89. The SMILES string of the molecule is [N-]=[N+]=Nc1ncc(-c2ccccc2)c2ccncc12. The summed E-state index contributed by atoms with van der Waals surface area (Å²) in [4.78, 5) is 11.1. The van der Waals surface area contributed by atoms with Gasteiger partial charge in [-0.05, 0) is 27.7 Å². The lowest BCUT2D eigenvalue weighted by Crippen LogP contribution is -1.86. The maximum atomic E-state index is 8.56. The number of hydrogen-bond donors (Lipinski definition) is 0. The Balaban J connectivity index is 2.34. The molecule has 0 aliphatic rings. The lowest BCUT2D eigenvalue weighted by atomic mass is 10.0. The smallest absolute Gasteiger partial charge is 0.136 e. The molecule has 3 aromatic rings. The number of aromatic nitrogens is 2. The number of rotatable bonds is 2. The van der Waals surface area contributed by atoms with Gasteiger partial charge in [-0.3, -0.25) is 9.97 Å². The molecule has 0 spiro atoms. The Kier molecular flexibility index (Phi) is 2.80. The van der Waals surface area contributed by atoms with Gasteiger partial charge < -0.3 is 0 Å². The van der Waals surface area contributed by atoms with Crippen LogP contribution in [0.5, 0.6) is 0 Å². The molecule has 0 atom stereocenters. The zero-order chi connectivity index (χ0) is 13.1. The topological polar surface area (TPSA) is 74.5 Å². The lowest BCUT2D eigenvalue weighted by Gasteiger charge is -2.07. The second kappa shape index (κ2) is 4.76. The van der Waals surface area contributed by atoms with Crippen molar-refractivity contribution in [3.63, 3.8) is 0 Å². The first-order valence-electron chi connectivity index (χ1n) is 5.73. The minimum atomic E-state index is 0.352. The van der Waals surface area contributed by atoms with E-state index in [1.54, 1.807) is 18.6 Å². The van der Waals surface area contributed by atoms with Gasteiger partial charge in [0.1, 0.15) is 5.82 Å². The maximum absolute atomic E-state index is 8.56. The van der Waals surface area contributed by atoms with E-state index in [1.165, 1.54) is 0 Å². The molecule has 5 heteroatoms. The fourth-order valence-corrected chi connectivity index (χ4v) is 2.04. The monoisotopic (exact) mass is 247 g/mol. The molecule has 3 rings (SSSR count). The van der Waals surface area contributed by atoms with Crippen LogP contribution in [0.25, 0.3) is 32.3 Å². The summed E-state index contributed by atoms with van der Waals surface area (Å²) in [5, 5.41) is 5.32. The highest BCUT2D eigenvalue weighted by atomic mass is 15.2. The van der Waals surface area contributed by atoms with E-state index < -0.39 is 0 Å². The number of hydrogen-bond acceptors (Lipinski definition) is 3. The zero-order valence-corrected chi connectivity index (χ0v) is 9.93. The highest BCUT2D eigenvalue weighted by Crippen LogP contribution is 2.31. The Labute approximate surface area is 109 Å². The van der Waals surface area contributed by atoms with Crippen LogP contribution in [-0.2, 0) is 0 Å². The van der Waals surface area contributed by atoms with E-state index in [0.717, 1.165) is 21.9 Å². The molecule has 2 heterocycles. The summed E-state index contributed by atoms with van der Waals surface area (Å²) in [6.45, 7) is 0. The summed E-state index contributed by atoms with van der Waals surface area (Å²) in [6.07, 6.45) is 5.11. The molecule has 19 heavy (non-hydrogen) atoms. The molecule has 0 fully saturated rings. The van der Waals surface area contributed by atoms with E-state index in [-0.39, 0.29) is 0 Å². The second-order valence-corrected chi connectivity index (χ2v) is 3.97. The highest BCUT2D eigenvalue weighted by molar-refractivity contribution is 6.00. The number of fused-ring (bicyclic) bond motifs is 1. The first-order valence-corrected chi connectivity index (χ1v) is 5.73.